The summed E-state index contributed by atoms with van der Waals surface area (Å²) in [6, 6.07) is 6.12. The molecule has 22 heavy (non-hydrogen) atoms. The van der Waals surface area contributed by atoms with Crippen LogP contribution in [0.5, 0.6) is 0 Å². The first-order valence-electron chi connectivity index (χ1n) is 7.71. The summed E-state index contributed by atoms with van der Waals surface area (Å²) in [6.07, 6.45) is 8.52. The van der Waals surface area contributed by atoms with E-state index in [9.17, 15) is 0 Å². The number of hydrogen-bond acceptors (Lipinski definition) is 4. The minimum atomic E-state index is 0.706. The second-order valence-corrected chi connectivity index (χ2v) is 6.26. The maximum atomic E-state index is 6.27. The van der Waals surface area contributed by atoms with Crippen molar-refractivity contribution >= 4 is 11.6 Å². The van der Waals surface area contributed by atoms with Crippen LogP contribution >= 0.6 is 11.6 Å². The Balaban J connectivity index is 1.71. The van der Waals surface area contributed by atoms with Crippen LogP contribution in [0.1, 0.15) is 17.5 Å². The molecule has 0 bridgehead atoms. The highest BCUT2D eigenvalue weighted by Gasteiger charge is 2.19. The van der Waals surface area contributed by atoms with Crippen molar-refractivity contribution < 1.29 is 0 Å². The highest BCUT2D eigenvalue weighted by molar-refractivity contribution is 6.31. The summed E-state index contributed by atoms with van der Waals surface area (Å²) in [4.78, 5) is 10.7. The number of aromatic nitrogens is 2. The molecule has 2 aromatic heterocycles. The van der Waals surface area contributed by atoms with E-state index in [0.717, 1.165) is 43.3 Å². The van der Waals surface area contributed by atoms with Crippen molar-refractivity contribution in [2.45, 2.75) is 19.5 Å². The molecule has 0 spiro atoms. The Kier molecular flexibility index (Phi) is 5.38. The lowest BCUT2D eigenvalue weighted by molar-refractivity contribution is 0.220. The first kappa shape index (κ1) is 15.4. The monoisotopic (exact) mass is 316 g/mol. The van der Waals surface area contributed by atoms with Gasteiger partial charge >= 0.3 is 0 Å². The van der Waals surface area contributed by atoms with Crippen LogP contribution < -0.4 is 5.32 Å². The fourth-order valence-corrected chi connectivity index (χ4v) is 3.12. The number of nitrogens with zero attached hydrogens (tertiary/aromatic N) is 3. The third-order valence-corrected chi connectivity index (χ3v) is 4.40. The quantitative estimate of drug-likeness (QED) is 0.889. The first-order valence-corrected chi connectivity index (χ1v) is 8.09. The highest BCUT2D eigenvalue weighted by Crippen LogP contribution is 2.19. The average molecular weight is 317 g/mol. The lowest BCUT2D eigenvalue weighted by Gasteiger charge is -2.25. The standard InChI is InChI=1S/C17H21ClN4/c18-17-10-21-7-4-16(17)13-22(12-15-3-6-20-9-15)11-14-2-1-5-19-8-14/h1-2,4-5,7-8,10,15,20H,3,6,9,11-13H2. The maximum absolute atomic E-state index is 6.27. The van der Waals surface area contributed by atoms with E-state index in [1.54, 1.807) is 12.4 Å². The van der Waals surface area contributed by atoms with Crippen LogP contribution in [0.3, 0.4) is 0 Å². The zero-order chi connectivity index (χ0) is 15.2. The van der Waals surface area contributed by atoms with Crippen LogP contribution in [-0.4, -0.2) is 34.5 Å². The number of halogens is 1. The molecule has 1 atom stereocenters. The molecule has 1 aliphatic rings. The Morgan fingerprint density at radius 2 is 2.09 bits per heavy atom. The molecule has 0 radical (unpaired) electrons. The normalized spacial score (nSPS) is 18.0. The van der Waals surface area contributed by atoms with E-state index in [1.807, 2.05) is 24.5 Å². The molecule has 1 aliphatic heterocycles. The molecule has 0 saturated carbocycles. The minimum absolute atomic E-state index is 0.706. The van der Waals surface area contributed by atoms with Gasteiger partial charge in [0.05, 0.1) is 5.02 Å². The van der Waals surface area contributed by atoms with Crippen LogP contribution in [0, 0.1) is 5.92 Å². The summed E-state index contributed by atoms with van der Waals surface area (Å²) in [5, 5.41) is 4.18. The lowest BCUT2D eigenvalue weighted by Crippen LogP contribution is -2.30. The molecule has 3 rings (SSSR count). The van der Waals surface area contributed by atoms with E-state index in [1.165, 1.54) is 12.0 Å². The Morgan fingerprint density at radius 1 is 1.18 bits per heavy atom. The smallest absolute Gasteiger partial charge is 0.0634 e. The molecule has 3 heterocycles. The maximum Gasteiger partial charge on any atom is 0.0634 e. The van der Waals surface area contributed by atoms with Gasteiger partial charge in [-0.15, -0.1) is 0 Å². The van der Waals surface area contributed by atoms with Gasteiger partial charge in [-0.25, -0.2) is 0 Å². The zero-order valence-electron chi connectivity index (χ0n) is 12.6. The Bertz CT molecular complexity index is 584. The van der Waals surface area contributed by atoms with Gasteiger partial charge < -0.3 is 5.32 Å². The predicted octanol–water partition coefficient (Wildman–Crippen LogP) is 2.74. The Labute approximate surface area is 136 Å². The summed E-state index contributed by atoms with van der Waals surface area (Å²) in [5.41, 5.74) is 2.37. The summed E-state index contributed by atoms with van der Waals surface area (Å²) >= 11 is 6.27. The van der Waals surface area contributed by atoms with Crippen molar-refractivity contribution in [2.75, 3.05) is 19.6 Å². The Hall–Kier alpha value is -1.49. The fourth-order valence-electron chi connectivity index (χ4n) is 2.94. The molecule has 2 aromatic rings. The van der Waals surface area contributed by atoms with Gasteiger partial charge in [-0.3, -0.25) is 14.9 Å². The third-order valence-electron chi connectivity index (χ3n) is 4.06. The van der Waals surface area contributed by atoms with E-state index in [2.05, 4.69) is 26.3 Å². The SMILES string of the molecule is Clc1cnccc1CN(Cc1cccnc1)CC1CCNC1. The second-order valence-electron chi connectivity index (χ2n) is 5.86. The van der Waals surface area contributed by atoms with Crippen molar-refractivity contribution in [3.63, 3.8) is 0 Å². The summed E-state index contributed by atoms with van der Waals surface area (Å²) in [6.45, 7) is 5.03. The molecule has 5 heteroatoms. The van der Waals surface area contributed by atoms with E-state index in [0.29, 0.717) is 5.92 Å². The molecule has 0 aromatic carbocycles. The zero-order valence-corrected chi connectivity index (χ0v) is 13.3. The number of nitrogens with one attached hydrogen (secondary N) is 1. The fraction of sp³-hybridized carbons (Fsp3) is 0.412. The third kappa shape index (κ3) is 4.26. The van der Waals surface area contributed by atoms with E-state index >= 15 is 0 Å². The molecule has 1 unspecified atom stereocenters. The van der Waals surface area contributed by atoms with Gasteiger partial charge in [0, 0.05) is 44.4 Å². The van der Waals surface area contributed by atoms with Crippen molar-refractivity contribution in [1.82, 2.24) is 20.2 Å². The number of rotatable bonds is 6. The predicted molar refractivity (Wildman–Crippen MR) is 88.6 cm³/mol. The molecule has 0 amide bonds. The number of pyridine rings is 2. The highest BCUT2D eigenvalue weighted by atomic mass is 35.5. The van der Waals surface area contributed by atoms with Crippen molar-refractivity contribution in [3.05, 3.63) is 59.1 Å². The first-order chi connectivity index (χ1) is 10.8. The molecule has 4 nitrogen and oxygen atoms in total. The molecule has 1 saturated heterocycles. The molecular formula is C17H21ClN4. The van der Waals surface area contributed by atoms with Gasteiger partial charge in [0.2, 0.25) is 0 Å². The topological polar surface area (TPSA) is 41.1 Å². The van der Waals surface area contributed by atoms with Gasteiger partial charge in [-0.2, -0.15) is 0 Å². The summed E-state index contributed by atoms with van der Waals surface area (Å²) < 4.78 is 0. The average Bonchev–Trinajstić information content (AvgIpc) is 3.03. The van der Waals surface area contributed by atoms with E-state index in [4.69, 9.17) is 11.6 Å². The van der Waals surface area contributed by atoms with Crippen molar-refractivity contribution in [2.24, 2.45) is 5.92 Å². The van der Waals surface area contributed by atoms with E-state index < -0.39 is 0 Å². The van der Waals surface area contributed by atoms with Gasteiger partial charge in [-0.1, -0.05) is 17.7 Å². The Morgan fingerprint density at radius 3 is 2.82 bits per heavy atom. The summed E-state index contributed by atoms with van der Waals surface area (Å²) in [7, 11) is 0. The van der Waals surface area contributed by atoms with Crippen molar-refractivity contribution in [3.8, 4) is 0 Å². The molecular weight excluding hydrogens is 296 g/mol. The van der Waals surface area contributed by atoms with Crippen LogP contribution in [0.4, 0.5) is 0 Å². The number of hydrogen-bond donors (Lipinski definition) is 1. The molecule has 1 fully saturated rings. The second kappa shape index (κ2) is 7.68. The summed E-state index contributed by atoms with van der Waals surface area (Å²) in [5.74, 6) is 0.706. The van der Waals surface area contributed by atoms with Gasteiger partial charge in [0.15, 0.2) is 0 Å². The van der Waals surface area contributed by atoms with E-state index in [-0.39, 0.29) is 0 Å². The van der Waals surface area contributed by atoms with Crippen LogP contribution in [0.15, 0.2) is 43.0 Å². The molecule has 116 valence electrons. The van der Waals surface area contributed by atoms with Gasteiger partial charge in [0.25, 0.3) is 0 Å². The van der Waals surface area contributed by atoms with Crippen LogP contribution in [0.25, 0.3) is 0 Å². The van der Waals surface area contributed by atoms with Gasteiger partial charge in [-0.05, 0) is 48.7 Å². The van der Waals surface area contributed by atoms with Crippen LogP contribution in [0.2, 0.25) is 5.02 Å². The molecule has 0 aliphatic carbocycles. The van der Waals surface area contributed by atoms with Gasteiger partial charge in [0.1, 0.15) is 0 Å². The minimum Gasteiger partial charge on any atom is -0.316 e. The molecule has 1 N–H and O–H groups in total. The lowest BCUT2D eigenvalue weighted by atomic mass is 10.1. The van der Waals surface area contributed by atoms with Crippen molar-refractivity contribution in [1.29, 1.82) is 0 Å². The van der Waals surface area contributed by atoms with Crippen LogP contribution in [-0.2, 0) is 13.1 Å². The largest absolute Gasteiger partial charge is 0.316 e.